The number of ether oxygens (including phenoxy) is 1. The number of nitrogens with zero attached hydrogens (tertiary/aromatic N) is 2. The normalized spacial score (nSPS) is 11.0. The highest BCUT2D eigenvalue weighted by Gasteiger charge is 2.19. The molecule has 0 unspecified atom stereocenters. The van der Waals surface area contributed by atoms with E-state index in [9.17, 15) is 10.1 Å². The van der Waals surface area contributed by atoms with Crippen LogP contribution in [0.15, 0.2) is 46.9 Å². The van der Waals surface area contributed by atoms with Gasteiger partial charge in [-0.3, -0.25) is 10.1 Å². The summed E-state index contributed by atoms with van der Waals surface area (Å²) in [4.78, 5) is 13.2. The number of likely N-dealkylation sites (N-methyl/N-ethyl adjacent to an activating group) is 1. The molecule has 0 aliphatic heterocycles. The van der Waals surface area contributed by atoms with Gasteiger partial charge in [-0.15, -0.1) is 0 Å². The Kier molecular flexibility index (Phi) is 8.71. The quantitative estimate of drug-likeness (QED) is 0.316. The van der Waals surface area contributed by atoms with Crippen LogP contribution < -0.4 is 5.32 Å². The van der Waals surface area contributed by atoms with Crippen molar-refractivity contribution in [2.24, 2.45) is 0 Å². The minimum Gasteiger partial charge on any atom is -0.379 e. The summed E-state index contributed by atoms with van der Waals surface area (Å²) in [6.07, 6.45) is 0.890. The molecule has 0 aromatic heterocycles. The molecule has 146 valence electrons. The van der Waals surface area contributed by atoms with E-state index in [-0.39, 0.29) is 10.6 Å². The van der Waals surface area contributed by atoms with E-state index < -0.39 is 0 Å². The second-order valence-electron chi connectivity index (χ2n) is 6.45. The van der Waals surface area contributed by atoms with Crippen molar-refractivity contribution in [3.05, 3.63) is 68.2 Å². The van der Waals surface area contributed by atoms with Gasteiger partial charge in [-0.05, 0) is 44.6 Å². The summed E-state index contributed by atoms with van der Waals surface area (Å²) in [6.45, 7) is 5.47. The largest absolute Gasteiger partial charge is 0.379 e. The van der Waals surface area contributed by atoms with Crippen LogP contribution in [-0.2, 0) is 11.3 Å². The maximum absolute atomic E-state index is 11.3. The van der Waals surface area contributed by atoms with Gasteiger partial charge >= 0.3 is 0 Å². The second kappa shape index (κ2) is 11.0. The van der Waals surface area contributed by atoms with E-state index in [0.717, 1.165) is 24.0 Å². The first-order valence-corrected chi connectivity index (χ1v) is 9.76. The Morgan fingerprint density at radius 1 is 1.19 bits per heavy atom. The highest BCUT2D eigenvalue weighted by Crippen LogP contribution is 2.33. The number of nitrogens with one attached hydrogen (secondary N) is 1. The van der Waals surface area contributed by atoms with Crippen molar-refractivity contribution in [3.63, 3.8) is 0 Å². The molecule has 0 fully saturated rings. The molecule has 1 N–H and O–H groups in total. The SMILES string of the molecule is Cc1c(Br)ccc(NCCCN(C)CCOCc2ccccc2)c1[N+](=O)[O-]. The monoisotopic (exact) mass is 435 g/mol. The molecular formula is C20H26BrN3O3. The van der Waals surface area contributed by atoms with E-state index in [0.29, 0.717) is 31.0 Å². The Hall–Kier alpha value is -1.96. The van der Waals surface area contributed by atoms with Crippen LogP contribution in [0.2, 0.25) is 0 Å². The van der Waals surface area contributed by atoms with Gasteiger partial charge in [0, 0.05) is 23.1 Å². The third kappa shape index (κ3) is 6.93. The van der Waals surface area contributed by atoms with Crippen LogP contribution in [0.4, 0.5) is 11.4 Å². The molecule has 2 aromatic carbocycles. The molecule has 0 radical (unpaired) electrons. The molecule has 27 heavy (non-hydrogen) atoms. The molecule has 2 aromatic rings. The number of rotatable bonds is 11. The molecule has 0 bridgehead atoms. The minimum atomic E-state index is -0.335. The van der Waals surface area contributed by atoms with Crippen molar-refractivity contribution in [2.75, 3.05) is 38.6 Å². The Morgan fingerprint density at radius 3 is 2.63 bits per heavy atom. The average molecular weight is 436 g/mol. The Bertz CT molecular complexity index is 741. The molecule has 0 heterocycles. The van der Waals surface area contributed by atoms with Crippen molar-refractivity contribution in [3.8, 4) is 0 Å². The van der Waals surface area contributed by atoms with Gasteiger partial charge in [0.15, 0.2) is 0 Å². The van der Waals surface area contributed by atoms with Crippen LogP contribution in [0, 0.1) is 17.0 Å². The summed E-state index contributed by atoms with van der Waals surface area (Å²) < 4.78 is 6.44. The van der Waals surface area contributed by atoms with Crippen LogP contribution >= 0.6 is 15.9 Å². The van der Waals surface area contributed by atoms with Gasteiger partial charge in [0.2, 0.25) is 0 Å². The zero-order chi connectivity index (χ0) is 19.6. The fourth-order valence-corrected chi connectivity index (χ4v) is 3.04. The van der Waals surface area contributed by atoms with E-state index in [1.54, 1.807) is 13.0 Å². The van der Waals surface area contributed by atoms with Crippen LogP contribution in [0.25, 0.3) is 0 Å². The number of hydrogen-bond donors (Lipinski definition) is 1. The first-order chi connectivity index (χ1) is 13.0. The van der Waals surface area contributed by atoms with Crippen LogP contribution in [0.3, 0.4) is 0 Å². The molecule has 0 saturated heterocycles. The highest BCUT2D eigenvalue weighted by atomic mass is 79.9. The maximum Gasteiger partial charge on any atom is 0.296 e. The van der Waals surface area contributed by atoms with Crippen molar-refractivity contribution < 1.29 is 9.66 Å². The zero-order valence-electron chi connectivity index (χ0n) is 15.8. The van der Waals surface area contributed by atoms with Crippen LogP contribution in [0.1, 0.15) is 17.5 Å². The van der Waals surface area contributed by atoms with Crippen molar-refractivity contribution in [1.82, 2.24) is 4.90 Å². The molecule has 0 atom stereocenters. The third-order valence-corrected chi connectivity index (χ3v) is 5.17. The molecule has 0 amide bonds. The summed E-state index contributed by atoms with van der Waals surface area (Å²) in [6, 6.07) is 13.7. The third-order valence-electron chi connectivity index (χ3n) is 4.31. The van der Waals surface area contributed by atoms with E-state index in [2.05, 4.69) is 45.3 Å². The topological polar surface area (TPSA) is 67.6 Å². The number of benzene rings is 2. The smallest absolute Gasteiger partial charge is 0.296 e. The molecule has 6 nitrogen and oxygen atoms in total. The lowest BCUT2D eigenvalue weighted by atomic mass is 10.1. The summed E-state index contributed by atoms with van der Waals surface area (Å²) in [5, 5.41) is 14.5. The molecule has 2 rings (SSSR count). The van der Waals surface area contributed by atoms with Gasteiger partial charge in [-0.25, -0.2) is 0 Å². The Balaban J connectivity index is 1.66. The summed E-state index contributed by atoms with van der Waals surface area (Å²) in [7, 11) is 2.05. The number of nitro groups is 1. The number of anilines is 1. The molecule has 0 aliphatic carbocycles. The number of hydrogen-bond acceptors (Lipinski definition) is 5. The minimum absolute atomic E-state index is 0.132. The average Bonchev–Trinajstić information content (AvgIpc) is 2.65. The molecule has 0 saturated carbocycles. The van der Waals surface area contributed by atoms with Gasteiger partial charge in [-0.1, -0.05) is 46.3 Å². The van der Waals surface area contributed by atoms with Gasteiger partial charge in [0.05, 0.1) is 18.1 Å². The van der Waals surface area contributed by atoms with E-state index in [1.807, 2.05) is 24.3 Å². The molecule has 0 aliphatic rings. The van der Waals surface area contributed by atoms with E-state index in [4.69, 9.17) is 4.74 Å². The lowest BCUT2D eigenvalue weighted by Gasteiger charge is -2.17. The van der Waals surface area contributed by atoms with E-state index >= 15 is 0 Å². The van der Waals surface area contributed by atoms with Crippen LogP contribution in [0.5, 0.6) is 0 Å². The molecule has 7 heteroatoms. The lowest BCUT2D eigenvalue weighted by Crippen LogP contribution is -2.25. The second-order valence-corrected chi connectivity index (χ2v) is 7.30. The zero-order valence-corrected chi connectivity index (χ0v) is 17.4. The Morgan fingerprint density at radius 2 is 1.93 bits per heavy atom. The predicted molar refractivity (Wildman–Crippen MR) is 112 cm³/mol. The summed E-state index contributed by atoms with van der Waals surface area (Å²) in [5.74, 6) is 0. The van der Waals surface area contributed by atoms with Crippen molar-refractivity contribution >= 4 is 27.3 Å². The van der Waals surface area contributed by atoms with Gasteiger partial charge in [-0.2, -0.15) is 0 Å². The van der Waals surface area contributed by atoms with Crippen LogP contribution in [-0.4, -0.2) is 43.1 Å². The van der Waals surface area contributed by atoms with Gasteiger partial charge in [0.1, 0.15) is 5.69 Å². The lowest BCUT2D eigenvalue weighted by molar-refractivity contribution is -0.384. The van der Waals surface area contributed by atoms with Crippen molar-refractivity contribution in [1.29, 1.82) is 0 Å². The molecular weight excluding hydrogens is 410 g/mol. The first-order valence-electron chi connectivity index (χ1n) is 8.96. The fourth-order valence-electron chi connectivity index (χ4n) is 2.72. The number of nitro benzene ring substituents is 1. The van der Waals surface area contributed by atoms with E-state index in [1.165, 1.54) is 5.56 Å². The predicted octanol–water partition coefficient (Wildman–Crippen LogP) is 4.62. The first kappa shape index (κ1) is 21.3. The highest BCUT2D eigenvalue weighted by molar-refractivity contribution is 9.10. The fraction of sp³-hybridized carbons (Fsp3) is 0.400. The summed E-state index contributed by atoms with van der Waals surface area (Å²) >= 11 is 3.34. The Labute approximate surface area is 168 Å². The maximum atomic E-state index is 11.3. The molecule has 0 spiro atoms. The van der Waals surface area contributed by atoms with Gasteiger partial charge in [0.25, 0.3) is 5.69 Å². The standard InChI is InChI=1S/C20H26BrN3O3/c1-16-18(21)9-10-19(20(16)24(25)26)22-11-6-12-23(2)13-14-27-15-17-7-4-3-5-8-17/h3-5,7-10,22H,6,11-15H2,1-2H3. The van der Waals surface area contributed by atoms with Crippen molar-refractivity contribution in [2.45, 2.75) is 20.0 Å². The van der Waals surface area contributed by atoms with Gasteiger partial charge < -0.3 is 15.0 Å². The summed E-state index contributed by atoms with van der Waals surface area (Å²) in [5.41, 5.74) is 2.51. The number of halogens is 1.